The van der Waals surface area contributed by atoms with E-state index in [1.165, 1.54) is 18.2 Å². The molecule has 2 rings (SSSR count). The second-order valence-corrected chi connectivity index (χ2v) is 4.17. The zero-order valence-corrected chi connectivity index (χ0v) is 10.2. The largest absolute Gasteiger partial charge is 0.321 e. The second-order valence-electron chi connectivity index (χ2n) is 3.32. The lowest BCUT2D eigenvalue weighted by Gasteiger charge is -2.06. The fourth-order valence-electron chi connectivity index (χ4n) is 1.30. The van der Waals surface area contributed by atoms with Crippen molar-refractivity contribution < 1.29 is 9.18 Å². The summed E-state index contributed by atoms with van der Waals surface area (Å²) in [5, 5.41) is 2.66. The van der Waals surface area contributed by atoms with E-state index in [0.29, 0.717) is 10.2 Å². The molecule has 5 heteroatoms. The number of nitrogens with one attached hydrogen (secondary N) is 1. The van der Waals surface area contributed by atoms with Crippen LogP contribution in [0, 0.1) is 5.82 Å². The molecule has 1 aromatic heterocycles. The molecule has 17 heavy (non-hydrogen) atoms. The van der Waals surface area contributed by atoms with Crippen molar-refractivity contribution >= 4 is 27.5 Å². The first-order valence-electron chi connectivity index (χ1n) is 4.83. The summed E-state index contributed by atoms with van der Waals surface area (Å²) in [6.45, 7) is 0. The molecule has 0 atom stereocenters. The topological polar surface area (TPSA) is 42.0 Å². The van der Waals surface area contributed by atoms with Gasteiger partial charge in [0.1, 0.15) is 5.82 Å². The quantitative estimate of drug-likeness (QED) is 0.924. The Bertz CT molecular complexity index is 560. The molecule has 0 unspecified atom stereocenters. The van der Waals surface area contributed by atoms with E-state index in [1.54, 1.807) is 24.5 Å². The Kier molecular flexibility index (Phi) is 3.49. The predicted molar refractivity (Wildman–Crippen MR) is 66.3 cm³/mol. The Labute approximate surface area is 106 Å². The number of amides is 1. The first-order chi connectivity index (χ1) is 8.16. The molecule has 0 radical (unpaired) electrons. The molecule has 2 aromatic rings. The van der Waals surface area contributed by atoms with E-state index in [4.69, 9.17) is 0 Å². The normalized spacial score (nSPS) is 10.0. The molecule has 0 bridgehead atoms. The third kappa shape index (κ3) is 2.88. The lowest BCUT2D eigenvalue weighted by molar-refractivity contribution is 0.102. The molecule has 1 aromatic carbocycles. The van der Waals surface area contributed by atoms with E-state index >= 15 is 0 Å². The molecule has 1 heterocycles. The van der Waals surface area contributed by atoms with Crippen molar-refractivity contribution in [3.8, 4) is 0 Å². The van der Waals surface area contributed by atoms with Gasteiger partial charge in [-0.2, -0.15) is 0 Å². The van der Waals surface area contributed by atoms with Crippen molar-refractivity contribution in [1.29, 1.82) is 0 Å². The van der Waals surface area contributed by atoms with Crippen molar-refractivity contribution in [2.75, 3.05) is 5.32 Å². The van der Waals surface area contributed by atoms with E-state index in [1.807, 2.05) is 0 Å². The van der Waals surface area contributed by atoms with E-state index in [0.717, 1.165) is 0 Å². The number of hydrogen-bond donors (Lipinski definition) is 1. The first kappa shape index (κ1) is 11.7. The molecular weight excluding hydrogens is 287 g/mol. The molecule has 86 valence electrons. The van der Waals surface area contributed by atoms with E-state index < -0.39 is 5.82 Å². The molecule has 0 saturated carbocycles. The SMILES string of the molecule is O=C(Nc1ccncc1Br)c1cccc(F)c1. The fraction of sp³-hybridized carbons (Fsp3) is 0. The third-order valence-corrected chi connectivity index (χ3v) is 2.74. The highest BCUT2D eigenvalue weighted by molar-refractivity contribution is 9.10. The van der Waals surface area contributed by atoms with Crippen molar-refractivity contribution in [2.24, 2.45) is 0 Å². The zero-order valence-electron chi connectivity index (χ0n) is 8.65. The van der Waals surface area contributed by atoms with Gasteiger partial charge in [0.25, 0.3) is 5.91 Å². The molecule has 1 N–H and O–H groups in total. The standard InChI is InChI=1S/C12H8BrFN2O/c13-10-7-15-5-4-11(10)16-12(17)8-2-1-3-9(14)6-8/h1-7H,(H,15,16,17). The highest BCUT2D eigenvalue weighted by Crippen LogP contribution is 2.20. The van der Waals surface area contributed by atoms with Crippen molar-refractivity contribution in [3.05, 3.63) is 58.6 Å². The van der Waals surface area contributed by atoms with Crippen molar-refractivity contribution in [3.63, 3.8) is 0 Å². The molecule has 0 aliphatic heterocycles. The molecular formula is C12H8BrFN2O. The molecule has 0 fully saturated rings. The zero-order chi connectivity index (χ0) is 12.3. The minimum absolute atomic E-state index is 0.272. The maximum absolute atomic E-state index is 12.9. The number of benzene rings is 1. The Morgan fingerprint density at radius 1 is 1.35 bits per heavy atom. The molecule has 1 amide bonds. The number of aromatic nitrogens is 1. The van der Waals surface area contributed by atoms with Gasteiger partial charge in [0.15, 0.2) is 0 Å². The van der Waals surface area contributed by atoms with Gasteiger partial charge in [-0.15, -0.1) is 0 Å². The van der Waals surface area contributed by atoms with Gasteiger partial charge < -0.3 is 5.32 Å². The van der Waals surface area contributed by atoms with Crippen LogP contribution in [-0.2, 0) is 0 Å². The number of nitrogens with zero attached hydrogens (tertiary/aromatic N) is 1. The highest BCUT2D eigenvalue weighted by atomic mass is 79.9. The van der Waals surface area contributed by atoms with Crippen LogP contribution in [0.3, 0.4) is 0 Å². The Morgan fingerprint density at radius 2 is 2.18 bits per heavy atom. The Hall–Kier alpha value is -1.75. The maximum atomic E-state index is 12.9. The van der Waals surface area contributed by atoms with Gasteiger partial charge in [-0.3, -0.25) is 9.78 Å². The van der Waals surface area contributed by atoms with Crippen LogP contribution in [0.5, 0.6) is 0 Å². The monoisotopic (exact) mass is 294 g/mol. The van der Waals surface area contributed by atoms with Gasteiger partial charge in [0, 0.05) is 18.0 Å². The molecule has 3 nitrogen and oxygen atoms in total. The smallest absolute Gasteiger partial charge is 0.255 e. The van der Waals surface area contributed by atoms with E-state index in [2.05, 4.69) is 26.2 Å². The number of carbonyl (C=O) groups excluding carboxylic acids is 1. The van der Waals surface area contributed by atoms with Crippen LogP contribution in [0.1, 0.15) is 10.4 Å². The summed E-state index contributed by atoms with van der Waals surface area (Å²) in [5.74, 6) is -0.803. The predicted octanol–water partition coefficient (Wildman–Crippen LogP) is 3.24. The number of hydrogen-bond acceptors (Lipinski definition) is 2. The summed E-state index contributed by atoms with van der Waals surface area (Å²) in [5.41, 5.74) is 0.864. The van der Waals surface area contributed by atoms with Crippen molar-refractivity contribution in [1.82, 2.24) is 4.98 Å². The number of anilines is 1. The van der Waals surface area contributed by atoms with Crippen LogP contribution in [0.25, 0.3) is 0 Å². The minimum atomic E-state index is -0.438. The van der Waals surface area contributed by atoms with Gasteiger partial charge in [0.05, 0.1) is 10.2 Å². The van der Waals surface area contributed by atoms with Gasteiger partial charge in [-0.1, -0.05) is 6.07 Å². The summed E-state index contributed by atoms with van der Waals surface area (Å²) in [7, 11) is 0. The molecule has 0 spiro atoms. The highest BCUT2D eigenvalue weighted by Gasteiger charge is 2.08. The van der Waals surface area contributed by atoms with Crippen LogP contribution in [0.2, 0.25) is 0 Å². The van der Waals surface area contributed by atoms with Gasteiger partial charge in [0.2, 0.25) is 0 Å². The average Bonchev–Trinajstić information content (AvgIpc) is 2.32. The first-order valence-corrected chi connectivity index (χ1v) is 5.62. The van der Waals surface area contributed by atoms with Gasteiger partial charge in [-0.05, 0) is 40.2 Å². The maximum Gasteiger partial charge on any atom is 0.255 e. The third-order valence-electron chi connectivity index (χ3n) is 2.11. The summed E-state index contributed by atoms with van der Waals surface area (Å²) < 4.78 is 13.6. The fourth-order valence-corrected chi connectivity index (χ4v) is 1.65. The lowest BCUT2D eigenvalue weighted by Crippen LogP contribution is -2.12. The average molecular weight is 295 g/mol. The van der Waals surface area contributed by atoms with Crippen LogP contribution < -0.4 is 5.32 Å². The van der Waals surface area contributed by atoms with Crippen LogP contribution in [0.4, 0.5) is 10.1 Å². The summed E-state index contributed by atoms with van der Waals surface area (Å²) >= 11 is 3.26. The van der Waals surface area contributed by atoms with Crippen LogP contribution in [-0.4, -0.2) is 10.9 Å². The minimum Gasteiger partial charge on any atom is -0.321 e. The summed E-state index contributed by atoms with van der Waals surface area (Å²) in [4.78, 5) is 15.7. The number of halogens is 2. The number of pyridine rings is 1. The van der Waals surface area contributed by atoms with Gasteiger partial charge in [-0.25, -0.2) is 4.39 Å². The second kappa shape index (κ2) is 5.05. The number of carbonyl (C=O) groups is 1. The van der Waals surface area contributed by atoms with Crippen LogP contribution in [0.15, 0.2) is 47.2 Å². The number of rotatable bonds is 2. The molecule has 0 saturated heterocycles. The van der Waals surface area contributed by atoms with E-state index in [-0.39, 0.29) is 11.5 Å². The van der Waals surface area contributed by atoms with Gasteiger partial charge >= 0.3 is 0 Å². The van der Waals surface area contributed by atoms with E-state index in [9.17, 15) is 9.18 Å². The molecule has 0 aliphatic rings. The summed E-state index contributed by atoms with van der Waals surface area (Å²) in [6.07, 6.45) is 3.13. The molecule has 0 aliphatic carbocycles. The van der Waals surface area contributed by atoms with Crippen molar-refractivity contribution in [2.45, 2.75) is 0 Å². The summed E-state index contributed by atoms with van der Waals surface area (Å²) in [6, 6.07) is 7.17. The Balaban J connectivity index is 2.20. The van der Waals surface area contributed by atoms with Crippen LogP contribution >= 0.6 is 15.9 Å². The lowest BCUT2D eigenvalue weighted by atomic mass is 10.2. The Morgan fingerprint density at radius 3 is 2.88 bits per heavy atom.